The van der Waals surface area contributed by atoms with Crippen LogP contribution in [-0.2, 0) is 22.4 Å². The molecule has 1 aromatic carbocycles. The van der Waals surface area contributed by atoms with Crippen LogP contribution in [0.4, 0.5) is 0 Å². The molecule has 2 heteroatoms. The van der Waals surface area contributed by atoms with E-state index in [-0.39, 0.29) is 22.4 Å². The first-order valence-electron chi connectivity index (χ1n) is 4.34. The van der Waals surface area contributed by atoms with E-state index in [0.29, 0.717) is 0 Å². The van der Waals surface area contributed by atoms with Crippen molar-refractivity contribution in [3.8, 4) is 11.3 Å². The molecule has 0 aliphatic carbocycles. The summed E-state index contributed by atoms with van der Waals surface area (Å²) < 4.78 is 0. The molecule has 14 heavy (non-hydrogen) atoms. The van der Waals surface area contributed by atoms with E-state index in [4.69, 9.17) is 0 Å². The molecule has 0 unspecified atom stereocenters. The van der Waals surface area contributed by atoms with Crippen molar-refractivity contribution in [3.05, 3.63) is 54.2 Å². The van der Waals surface area contributed by atoms with Gasteiger partial charge in [-0.15, -0.1) is 0 Å². The number of hydrogen-bond donors (Lipinski definition) is 0. The summed E-state index contributed by atoms with van der Waals surface area (Å²) in [5, 5.41) is 0. The van der Waals surface area contributed by atoms with Gasteiger partial charge in [-0.2, -0.15) is 0 Å². The zero-order valence-corrected chi connectivity index (χ0v) is 9.35. The molecule has 0 N–H and O–H groups in total. The first-order chi connectivity index (χ1) is 6.36. The molecule has 0 saturated heterocycles. The van der Waals surface area contributed by atoms with Crippen LogP contribution in [0.3, 0.4) is 0 Å². The molecule has 75 valence electrons. The van der Waals surface area contributed by atoms with Crippen molar-refractivity contribution in [3.63, 3.8) is 0 Å². The second-order valence-corrected chi connectivity index (χ2v) is 3.08. The molecule has 0 fully saturated rings. The number of aromatic nitrogens is 1. The van der Waals surface area contributed by atoms with Crippen molar-refractivity contribution in [1.82, 2.24) is 4.98 Å². The Morgan fingerprint density at radius 1 is 0.929 bits per heavy atom. The van der Waals surface area contributed by atoms with E-state index in [9.17, 15) is 0 Å². The molecule has 0 aliphatic rings. The zero-order valence-electron chi connectivity index (χ0n) is 7.87. The minimum absolute atomic E-state index is 0. The minimum Gasteiger partial charge on any atom is -0.256 e. The maximum absolute atomic E-state index is 4.28. The fraction of sp³-hybridized carbons (Fsp3) is 0.0833. The maximum atomic E-state index is 4.28. The second kappa shape index (κ2) is 5.11. The average molecular weight is 277 g/mol. The molecule has 2 rings (SSSR count). The van der Waals surface area contributed by atoms with Crippen molar-refractivity contribution < 1.29 is 22.4 Å². The SMILES string of the molecule is Cc1ccc(-c2ccccn2)cc1.[Ag]. The van der Waals surface area contributed by atoms with Gasteiger partial charge in [0.25, 0.3) is 0 Å². The molecule has 0 bridgehead atoms. The summed E-state index contributed by atoms with van der Waals surface area (Å²) in [6.45, 7) is 2.09. The van der Waals surface area contributed by atoms with Gasteiger partial charge >= 0.3 is 0 Å². The number of aryl methyl sites for hydroxylation is 1. The number of pyridine rings is 1. The van der Waals surface area contributed by atoms with E-state index >= 15 is 0 Å². The number of rotatable bonds is 1. The summed E-state index contributed by atoms with van der Waals surface area (Å²) in [5.74, 6) is 0. The van der Waals surface area contributed by atoms with Gasteiger partial charge in [-0.3, -0.25) is 4.98 Å². The van der Waals surface area contributed by atoms with Crippen molar-refractivity contribution in [2.45, 2.75) is 6.92 Å². The molecule has 0 saturated carbocycles. The van der Waals surface area contributed by atoms with Crippen molar-refractivity contribution in [2.75, 3.05) is 0 Å². The Kier molecular flexibility index (Phi) is 4.08. The minimum atomic E-state index is 0. The van der Waals surface area contributed by atoms with Crippen molar-refractivity contribution in [2.24, 2.45) is 0 Å². The molecule has 0 aliphatic heterocycles. The van der Waals surface area contributed by atoms with Crippen LogP contribution in [0.2, 0.25) is 0 Å². The van der Waals surface area contributed by atoms with Crippen LogP contribution in [0.5, 0.6) is 0 Å². The summed E-state index contributed by atoms with van der Waals surface area (Å²) in [7, 11) is 0. The normalized spacial score (nSPS) is 9.21. The van der Waals surface area contributed by atoms with Crippen LogP contribution in [-0.4, -0.2) is 4.98 Å². The quantitative estimate of drug-likeness (QED) is 0.730. The van der Waals surface area contributed by atoms with Crippen molar-refractivity contribution >= 4 is 0 Å². The van der Waals surface area contributed by atoms with Gasteiger partial charge in [-0.1, -0.05) is 35.9 Å². The Labute approximate surface area is 99.7 Å². The fourth-order valence-electron chi connectivity index (χ4n) is 1.26. The smallest absolute Gasteiger partial charge is 0.0701 e. The molecule has 1 nitrogen and oxygen atoms in total. The summed E-state index contributed by atoms with van der Waals surface area (Å²) in [6, 6.07) is 14.3. The summed E-state index contributed by atoms with van der Waals surface area (Å²) in [5.41, 5.74) is 3.48. The van der Waals surface area contributed by atoms with Gasteiger partial charge in [0.05, 0.1) is 5.69 Å². The Balaban J connectivity index is 0.000000980. The monoisotopic (exact) mass is 276 g/mol. The third kappa shape index (κ3) is 2.55. The van der Waals surface area contributed by atoms with Crippen LogP contribution in [0, 0.1) is 6.92 Å². The number of hydrogen-bond acceptors (Lipinski definition) is 1. The van der Waals surface area contributed by atoms with Gasteiger partial charge in [0.2, 0.25) is 0 Å². The Hall–Kier alpha value is -0.890. The van der Waals surface area contributed by atoms with Crippen LogP contribution in [0.25, 0.3) is 11.3 Å². The predicted octanol–water partition coefficient (Wildman–Crippen LogP) is 3.05. The van der Waals surface area contributed by atoms with Gasteiger partial charge in [0, 0.05) is 34.1 Å². The Bertz CT molecular complexity index is 381. The van der Waals surface area contributed by atoms with E-state index in [1.54, 1.807) is 0 Å². The maximum Gasteiger partial charge on any atom is 0.0701 e. The third-order valence-corrected chi connectivity index (χ3v) is 2.01. The predicted molar refractivity (Wildman–Crippen MR) is 54.4 cm³/mol. The van der Waals surface area contributed by atoms with E-state index in [2.05, 4.69) is 36.2 Å². The second-order valence-electron chi connectivity index (χ2n) is 3.08. The Morgan fingerprint density at radius 3 is 2.21 bits per heavy atom. The first-order valence-corrected chi connectivity index (χ1v) is 4.34. The molecule has 1 radical (unpaired) electrons. The topological polar surface area (TPSA) is 12.9 Å². The summed E-state index contributed by atoms with van der Waals surface area (Å²) in [4.78, 5) is 4.28. The molecule has 2 aromatic rings. The van der Waals surface area contributed by atoms with Gasteiger partial charge in [-0.05, 0) is 19.1 Å². The average Bonchev–Trinajstić information content (AvgIpc) is 2.20. The number of nitrogens with zero attached hydrogens (tertiary/aromatic N) is 1. The fourth-order valence-corrected chi connectivity index (χ4v) is 1.26. The van der Waals surface area contributed by atoms with E-state index in [0.717, 1.165) is 5.69 Å². The van der Waals surface area contributed by atoms with Gasteiger partial charge in [-0.25, -0.2) is 0 Å². The van der Waals surface area contributed by atoms with E-state index < -0.39 is 0 Å². The molecule has 1 aromatic heterocycles. The molecular formula is C12H11AgN. The molecular weight excluding hydrogens is 266 g/mol. The van der Waals surface area contributed by atoms with Crippen LogP contribution in [0.15, 0.2) is 48.7 Å². The Morgan fingerprint density at radius 2 is 1.64 bits per heavy atom. The van der Waals surface area contributed by atoms with Crippen LogP contribution < -0.4 is 0 Å². The zero-order chi connectivity index (χ0) is 9.10. The molecule has 0 atom stereocenters. The largest absolute Gasteiger partial charge is 0.256 e. The summed E-state index contributed by atoms with van der Waals surface area (Å²) >= 11 is 0. The molecule has 1 heterocycles. The molecule has 0 amide bonds. The van der Waals surface area contributed by atoms with E-state index in [1.165, 1.54) is 11.1 Å². The summed E-state index contributed by atoms with van der Waals surface area (Å²) in [6.07, 6.45) is 1.81. The third-order valence-electron chi connectivity index (χ3n) is 2.01. The van der Waals surface area contributed by atoms with Gasteiger partial charge < -0.3 is 0 Å². The first kappa shape index (κ1) is 11.2. The van der Waals surface area contributed by atoms with Crippen LogP contribution in [0.1, 0.15) is 5.56 Å². The van der Waals surface area contributed by atoms with Crippen molar-refractivity contribution in [1.29, 1.82) is 0 Å². The number of benzene rings is 1. The van der Waals surface area contributed by atoms with E-state index in [1.807, 2.05) is 24.4 Å². The van der Waals surface area contributed by atoms with Crippen LogP contribution >= 0.6 is 0 Å². The van der Waals surface area contributed by atoms with Gasteiger partial charge in [0.1, 0.15) is 0 Å². The van der Waals surface area contributed by atoms with Gasteiger partial charge in [0.15, 0.2) is 0 Å². The molecule has 0 spiro atoms. The standard InChI is InChI=1S/C12H11N.Ag/c1-10-5-7-11(8-6-10)12-4-2-3-9-13-12;/h2-9H,1H3;.